The van der Waals surface area contributed by atoms with Crippen molar-refractivity contribution < 1.29 is 35.5 Å². The summed E-state index contributed by atoms with van der Waals surface area (Å²) in [4.78, 5) is 15.7. The van der Waals surface area contributed by atoms with Gasteiger partial charge in [0, 0.05) is 18.8 Å². The largest absolute Gasteiger partial charge is 0.488 e. The molecular formula is C36H32N2O8S2. The van der Waals surface area contributed by atoms with Gasteiger partial charge >= 0.3 is 0 Å². The van der Waals surface area contributed by atoms with Crippen molar-refractivity contribution in [1.82, 2.24) is 4.90 Å². The average molecular weight is 685 g/mol. The number of carbonyl (C=O) groups excluding carboxylic acids is 1. The topological polar surface area (TPSA) is 164 Å². The van der Waals surface area contributed by atoms with E-state index in [1.54, 1.807) is 41.3 Å². The number of carbonyl (C=O) groups is 1. The van der Waals surface area contributed by atoms with Gasteiger partial charge in [-0.25, -0.2) is 0 Å². The van der Waals surface area contributed by atoms with Crippen molar-refractivity contribution in [3.63, 3.8) is 0 Å². The van der Waals surface area contributed by atoms with Crippen molar-refractivity contribution in [2.45, 2.75) is 42.3 Å². The van der Waals surface area contributed by atoms with Crippen LogP contribution < -0.4 is 10.5 Å². The molecular weight excluding hydrogens is 653 g/mol. The minimum atomic E-state index is -4.39. The van der Waals surface area contributed by atoms with Gasteiger partial charge in [0.05, 0.1) is 15.4 Å². The molecule has 4 N–H and O–H groups in total. The van der Waals surface area contributed by atoms with Crippen LogP contribution in [0.2, 0.25) is 0 Å². The molecule has 0 saturated carbocycles. The predicted molar refractivity (Wildman–Crippen MR) is 180 cm³/mol. The number of hydrogen-bond acceptors (Lipinski definition) is 7. The summed E-state index contributed by atoms with van der Waals surface area (Å²) in [6.45, 7) is 0.869. The molecule has 5 aromatic rings. The van der Waals surface area contributed by atoms with Crippen LogP contribution in [0.15, 0.2) is 119 Å². The Labute approximate surface area is 278 Å². The second-order valence-corrected chi connectivity index (χ2v) is 14.5. The van der Waals surface area contributed by atoms with Gasteiger partial charge in [0.25, 0.3) is 26.1 Å². The van der Waals surface area contributed by atoms with Crippen LogP contribution in [-0.2, 0) is 52.8 Å². The molecule has 0 fully saturated rings. The number of nitrogens with zero attached hydrogens (tertiary/aromatic N) is 1. The first-order chi connectivity index (χ1) is 22.8. The number of nitrogens with two attached hydrogens (primary N) is 1. The highest BCUT2D eigenvalue weighted by atomic mass is 32.2. The molecule has 0 radical (unpaired) electrons. The number of rotatable bonds is 10. The van der Waals surface area contributed by atoms with Crippen LogP contribution in [0.5, 0.6) is 5.75 Å². The number of fused-ring (bicyclic) bond motifs is 1. The highest BCUT2D eigenvalue weighted by molar-refractivity contribution is 7.86. The molecule has 0 aromatic heterocycles. The normalized spacial score (nSPS) is 12.9. The first-order valence-corrected chi connectivity index (χ1v) is 17.8. The molecule has 246 valence electrons. The summed E-state index contributed by atoms with van der Waals surface area (Å²) >= 11 is 0. The highest BCUT2D eigenvalue weighted by Gasteiger charge is 2.30. The molecule has 1 amide bonds. The summed E-state index contributed by atoms with van der Waals surface area (Å²) in [5.74, 6) is 0.0895. The van der Waals surface area contributed by atoms with Crippen LogP contribution >= 0.6 is 0 Å². The molecule has 0 unspecified atom stereocenters. The second kappa shape index (κ2) is 13.2. The number of nitrogen functional groups attached to an aromatic ring is 1. The van der Waals surface area contributed by atoms with E-state index >= 15 is 0 Å². The van der Waals surface area contributed by atoms with E-state index in [-0.39, 0.29) is 28.7 Å². The van der Waals surface area contributed by atoms with Crippen LogP contribution in [0.1, 0.15) is 49.3 Å². The lowest BCUT2D eigenvalue weighted by atomic mass is 9.93. The summed E-state index contributed by atoms with van der Waals surface area (Å²) in [6, 6.07) is 30.4. The van der Waals surface area contributed by atoms with Crippen LogP contribution in [0.3, 0.4) is 0 Å². The average Bonchev–Trinajstić information content (AvgIpc) is 3.50. The minimum Gasteiger partial charge on any atom is -0.488 e. The van der Waals surface area contributed by atoms with Gasteiger partial charge in [0.2, 0.25) is 0 Å². The molecule has 12 heteroatoms. The van der Waals surface area contributed by atoms with E-state index in [4.69, 9.17) is 10.5 Å². The third kappa shape index (κ3) is 7.42. The number of benzene rings is 5. The molecule has 1 aliphatic rings. The lowest BCUT2D eigenvalue weighted by Crippen LogP contribution is -2.27. The zero-order valence-electron chi connectivity index (χ0n) is 25.6. The van der Waals surface area contributed by atoms with Crippen molar-refractivity contribution >= 4 is 31.8 Å². The zero-order chi connectivity index (χ0) is 34.1. The van der Waals surface area contributed by atoms with Crippen LogP contribution in [0, 0.1) is 0 Å². The standard InChI is InChI=1S/C36H32N2O8S2/c37-33-8-4-7-28-21-38(22-32(28)33)36(39)35-29(18-25-11-15-31(16-12-25)48(43,44)45)19-27(17-24-9-13-30(14-10-24)47(40,41)42)20-34(35)46-23-26-5-2-1-3-6-26/h1-16,19-20H,17-18,21-23,37H2,(H,40,41,42)(H,43,44,45). The van der Waals surface area contributed by atoms with Gasteiger partial charge in [-0.3, -0.25) is 13.9 Å². The molecule has 0 aliphatic carbocycles. The lowest BCUT2D eigenvalue weighted by molar-refractivity contribution is 0.0745. The molecule has 1 heterocycles. The summed E-state index contributed by atoms with van der Waals surface area (Å²) in [5.41, 5.74) is 12.8. The van der Waals surface area contributed by atoms with Crippen molar-refractivity contribution in [1.29, 1.82) is 0 Å². The third-order valence-electron chi connectivity index (χ3n) is 8.25. The third-order valence-corrected chi connectivity index (χ3v) is 9.98. The van der Waals surface area contributed by atoms with E-state index in [1.807, 2.05) is 48.5 Å². The fourth-order valence-electron chi connectivity index (χ4n) is 5.83. The molecule has 1 aliphatic heterocycles. The maximum absolute atomic E-state index is 14.5. The fraction of sp³-hybridized carbons (Fsp3) is 0.139. The lowest BCUT2D eigenvalue weighted by Gasteiger charge is -2.22. The number of amides is 1. The Kier molecular flexibility index (Phi) is 9.08. The molecule has 5 aromatic carbocycles. The van der Waals surface area contributed by atoms with Gasteiger partial charge in [-0.1, -0.05) is 72.8 Å². The van der Waals surface area contributed by atoms with Gasteiger partial charge < -0.3 is 15.4 Å². The monoisotopic (exact) mass is 684 g/mol. The molecule has 0 saturated heterocycles. The maximum atomic E-state index is 14.5. The Hall–Kier alpha value is -5.01. The van der Waals surface area contributed by atoms with Gasteiger partial charge in [-0.2, -0.15) is 16.8 Å². The summed E-state index contributed by atoms with van der Waals surface area (Å²) in [5, 5.41) is 0. The summed E-state index contributed by atoms with van der Waals surface area (Å²) in [7, 11) is -8.75. The SMILES string of the molecule is Nc1cccc2c1CN(C(=O)c1c(Cc3ccc(S(=O)(=O)O)cc3)cc(Cc3ccc(S(=O)(=O)O)cc3)cc1OCc1ccccc1)C2. The fourth-order valence-corrected chi connectivity index (χ4v) is 6.79. The molecule has 10 nitrogen and oxygen atoms in total. The van der Waals surface area contributed by atoms with E-state index < -0.39 is 20.2 Å². The maximum Gasteiger partial charge on any atom is 0.294 e. The van der Waals surface area contributed by atoms with Crippen molar-refractivity contribution in [3.8, 4) is 5.75 Å². The number of anilines is 1. The van der Waals surface area contributed by atoms with Gasteiger partial charge in [0.15, 0.2) is 0 Å². The Balaban J connectivity index is 1.44. The van der Waals surface area contributed by atoms with Crippen molar-refractivity contribution in [2.24, 2.45) is 0 Å². The van der Waals surface area contributed by atoms with E-state index in [1.165, 1.54) is 24.3 Å². The van der Waals surface area contributed by atoms with E-state index in [0.717, 1.165) is 27.8 Å². The Bertz CT molecular complexity index is 2200. The van der Waals surface area contributed by atoms with Gasteiger partial charge in [0.1, 0.15) is 12.4 Å². The molecule has 0 bridgehead atoms. The highest BCUT2D eigenvalue weighted by Crippen LogP contribution is 2.35. The molecule has 0 atom stereocenters. The smallest absolute Gasteiger partial charge is 0.294 e. The summed E-state index contributed by atoms with van der Waals surface area (Å²) in [6.07, 6.45) is 0.579. The van der Waals surface area contributed by atoms with Gasteiger partial charge in [-0.15, -0.1) is 0 Å². The quantitative estimate of drug-likeness (QED) is 0.124. The van der Waals surface area contributed by atoms with E-state index in [0.29, 0.717) is 47.6 Å². The van der Waals surface area contributed by atoms with Crippen molar-refractivity contribution in [3.05, 3.63) is 154 Å². The molecule has 6 rings (SSSR count). The van der Waals surface area contributed by atoms with Crippen LogP contribution in [0.4, 0.5) is 5.69 Å². The Morgan fingerprint density at radius 2 is 1.29 bits per heavy atom. The first kappa shape index (κ1) is 32.9. The van der Waals surface area contributed by atoms with Crippen LogP contribution in [-0.4, -0.2) is 36.7 Å². The first-order valence-electron chi connectivity index (χ1n) is 15.0. The van der Waals surface area contributed by atoms with Crippen LogP contribution in [0.25, 0.3) is 0 Å². The Morgan fingerprint density at radius 1 is 0.688 bits per heavy atom. The molecule has 48 heavy (non-hydrogen) atoms. The summed E-state index contributed by atoms with van der Waals surface area (Å²) < 4.78 is 71.8. The zero-order valence-corrected chi connectivity index (χ0v) is 27.2. The second-order valence-electron chi connectivity index (χ2n) is 11.6. The van der Waals surface area contributed by atoms with E-state index in [9.17, 15) is 30.7 Å². The number of ether oxygens (including phenoxy) is 1. The van der Waals surface area contributed by atoms with Gasteiger partial charge in [-0.05, 0) is 88.2 Å². The minimum absolute atomic E-state index is 0.184. The molecule has 0 spiro atoms. The number of hydrogen-bond donors (Lipinski definition) is 3. The van der Waals surface area contributed by atoms with E-state index in [2.05, 4.69) is 0 Å². The van der Waals surface area contributed by atoms with Crippen molar-refractivity contribution in [2.75, 3.05) is 5.73 Å². The predicted octanol–water partition coefficient (Wildman–Crippen LogP) is 5.68. The Morgan fingerprint density at radius 3 is 1.88 bits per heavy atom.